The molecule has 7 heteroatoms. The highest BCUT2D eigenvalue weighted by molar-refractivity contribution is 5.77. The van der Waals surface area contributed by atoms with Crippen LogP contribution in [0.1, 0.15) is 18.1 Å². The van der Waals surface area contributed by atoms with E-state index < -0.39 is 17.5 Å². The Kier molecular flexibility index (Phi) is 5.38. The van der Waals surface area contributed by atoms with Crippen LogP contribution in [0.15, 0.2) is 18.2 Å². The Morgan fingerprint density at radius 1 is 1.40 bits per heavy atom. The highest BCUT2D eigenvalue weighted by Gasteiger charge is 2.34. The van der Waals surface area contributed by atoms with Crippen molar-refractivity contribution < 1.29 is 23.1 Å². The van der Waals surface area contributed by atoms with Crippen LogP contribution >= 0.6 is 0 Å². The summed E-state index contributed by atoms with van der Waals surface area (Å²) in [4.78, 5) is 12.9. The average molecular weight is 290 g/mol. The van der Waals surface area contributed by atoms with Crippen LogP contribution in [0.3, 0.4) is 0 Å². The maximum Gasteiger partial charge on any atom is 0.419 e. The zero-order chi connectivity index (χ0) is 15.3. The molecular weight excluding hydrogens is 273 g/mol. The van der Waals surface area contributed by atoms with Gasteiger partial charge < -0.3 is 10.4 Å². The van der Waals surface area contributed by atoms with E-state index in [2.05, 4.69) is 5.32 Å². The molecule has 0 fully saturated rings. The van der Waals surface area contributed by atoms with E-state index in [1.165, 1.54) is 6.07 Å². The van der Waals surface area contributed by atoms with Gasteiger partial charge in [-0.25, -0.2) is 0 Å². The molecule has 0 atom stereocenters. The number of benzene rings is 1. The summed E-state index contributed by atoms with van der Waals surface area (Å²) in [6.07, 6.45) is -4.60. The van der Waals surface area contributed by atoms with E-state index in [-0.39, 0.29) is 19.0 Å². The fourth-order valence-electron chi connectivity index (χ4n) is 1.77. The molecule has 1 rings (SSSR count). The van der Waals surface area contributed by atoms with Gasteiger partial charge in [0.05, 0.1) is 12.1 Å². The number of hydrogen-bond acceptors (Lipinski definition) is 3. The smallest absolute Gasteiger partial charge is 0.419 e. The molecule has 0 unspecified atom stereocenters. The van der Waals surface area contributed by atoms with Crippen LogP contribution < -0.4 is 5.32 Å². The van der Waals surface area contributed by atoms with Gasteiger partial charge in [-0.05, 0) is 31.7 Å². The third-order valence-electron chi connectivity index (χ3n) is 2.61. The first-order chi connectivity index (χ1) is 9.24. The molecule has 1 aromatic rings. The van der Waals surface area contributed by atoms with E-state index >= 15 is 0 Å². The summed E-state index contributed by atoms with van der Waals surface area (Å²) in [6.45, 7) is 2.56. The number of aromatic hydroxyl groups is 1. The van der Waals surface area contributed by atoms with Crippen molar-refractivity contribution in [3.05, 3.63) is 29.3 Å². The normalized spacial score (nSPS) is 11.7. The van der Waals surface area contributed by atoms with Gasteiger partial charge in [-0.3, -0.25) is 9.69 Å². The molecule has 0 saturated heterocycles. The van der Waals surface area contributed by atoms with Crippen molar-refractivity contribution in [3.63, 3.8) is 0 Å². The minimum absolute atomic E-state index is 0.0933. The summed E-state index contributed by atoms with van der Waals surface area (Å²) in [5.41, 5.74) is -0.691. The molecule has 0 spiro atoms. The van der Waals surface area contributed by atoms with Gasteiger partial charge in [-0.15, -0.1) is 0 Å². The van der Waals surface area contributed by atoms with Crippen molar-refractivity contribution >= 4 is 5.91 Å². The number of nitrogens with one attached hydrogen (secondary N) is 1. The molecule has 112 valence electrons. The third-order valence-corrected chi connectivity index (χ3v) is 2.61. The third kappa shape index (κ3) is 4.73. The first-order valence-corrected chi connectivity index (χ1v) is 6.08. The number of alkyl halides is 3. The Bertz CT molecular complexity index is 475. The fourth-order valence-corrected chi connectivity index (χ4v) is 1.77. The largest absolute Gasteiger partial charge is 0.507 e. The Morgan fingerprint density at radius 3 is 2.60 bits per heavy atom. The van der Waals surface area contributed by atoms with Gasteiger partial charge in [0.1, 0.15) is 5.75 Å². The zero-order valence-corrected chi connectivity index (χ0v) is 11.3. The van der Waals surface area contributed by atoms with Gasteiger partial charge in [0.15, 0.2) is 0 Å². The first kappa shape index (κ1) is 16.3. The van der Waals surface area contributed by atoms with E-state index in [0.717, 1.165) is 12.1 Å². The number of carbonyl (C=O) groups excluding carboxylic acids is 1. The monoisotopic (exact) mass is 290 g/mol. The van der Waals surface area contributed by atoms with Gasteiger partial charge in [0.2, 0.25) is 5.91 Å². The summed E-state index contributed by atoms with van der Waals surface area (Å²) in [5.74, 6) is -0.988. The van der Waals surface area contributed by atoms with Gasteiger partial charge in [-0.1, -0.05) is 6.07 Å². The molecule has 0 aliphatic carbocycles. The molecule has 1 aromatic carbocycles. The van der Waals surface area contributed by atoms with Crippen molar-refractivity contribution in [3.8, 4) is 5.75 Å². The summed E-state index contributed by atoms with van der Waals surface area (Å²) < 4.78 is 37.9. The average Bonchev–Trinajstić information content (AvgIpc) is 2.30. The number of likely N-dealkylation sites (N-methyl/N-ethyl adjacent to an activating group) is 2. The number of phenolic OH excluding ortho intramolecular Hbond substituents is 1. The van der Waals surface area contributed by atoms with Crippen LogP contribution in [0.5, 0.6) is 5.75 Å². The highest BCUT2D eigenvalue weighted by atomic mass is 19.4. The Labute approximate surface area is 115 Å². The van der Waals surface area contributed by atoms with Crippen molar-refractivity contribution in [2.24, 2.45) is 0 Å². The SMILES string of the molecule is CCNC(=O)CN(C)Cc1ccc(O)c(C(F)(F)F)c1. The topological polar surface area (TPSA) is 52.6 Å². The lowest BCUT2D eigenvalue weighted by Gasteiger charge is -2.17. The molecule has 1 amide bonds. The maximum absolute atomic E-state index is 12.6. The second-order valence-electron chi connectivity index (χ2n) is 4.48. The van der Waals surface area contributed by atoms with Gasteiger partial charge in [0, 0.05) is 13.1 Å². The van der Waals surface area contributed by atoms with E-state index in [0.29, 0.717) is 12.1 Å². The molecule has 4 nitrogen and oxygen atoms in total. The van der Waals surface area contributed by atoms with Crippen LogP contribution in [0, 0.1) is 0 Å². The molecule has 0 aliphatic rings. The lowest BCUT2D eigenvalue weighted by atomic mass is 10.1. The van der Waals surface area contributed by atoms with Crippen LogP contribution in [0.2, 0.25) is 0 Å². The molecule has 2 N–H and O–H groups in total. The number of carbonyl (C=O) groups is 1. The second kappa shape index (κ2) is 6.60. The summed E-state index contributed by atoms with van der Waals surface area (Å²) in [7, 11) is 1.63. The summed E-state index contributed by atoms with van der Waals surface area (Å²) in [6, 6.07) is 3.31. The van der Waals surface area contributed by atoms with Crippen LogP contribution in [0.4, 0.5) is 13.2 Å². The molecule has 20 heavy (non-hydrogen) atoms. The lowest BCUT2D eigenvalue weighted by Crippen LogP contribution is -2.34. The van der Waals surface area contributed by atoms with Crippen LogP contribution in [0.25, 0.3) is 0 Å². The second-order valence-corrected chi connectivity index (χ2v) is 4.48. The van der Waals surface area contributed by atoms with E-state index in [1.807, 2.05) is 0 Å². The number of rotatable bonds is 5. The van der Waals surface area contributed by atoms with E-state index in [1.54, 1.807) is 18.9 Å². The van der Waals surface area contributed by atoms with Crippen molar-refractivity contribution in [2.45, 2.75) is 19.6 Å². The molecule has 0 heterocycles. The Morgan fingerprint density at radius 2 is 2.05 bits per heavy atom. The summed E-state index contributed by atoms with van der Waals surface area (Å²) >= 11 is 0. The number of amides is 1. The predicted molar refractivity (Wildman–Crippen MR) is 68.1 cm³/mol. The van der Waals surface area contributed by atoms with Gasteiger partial charge >= 0.3 is 6.18 Å². The van der Waals surface area contributed by atoms with Crippen LogP contribution in [-0.2, 0) is 17.5 Å². The van der Waals surface area contributed by atoms with Gasteiger partial charge in [-0.2, -0.15) is 13.2 Å². The first-order valence-electron chi connectivity index (χ1n) is 6.08. The van der Waals surface area contributed by atoms with Crippen molar-refractivity contribution in [2.75, 3.05) is 20.1 Å². The summed E-state index contributed by atoms with van der Waals surface area (Å²) in [5, 5.41) is 11.8. The fraction of sp³-hybridized carbons (Fsp3) is 0.462. The van der Waals surface area contributed by atoms with E-state index in [9.17, 15) is 23.1 Å². The molecule has 0 radical (unpaired) electrons. The quantitative estimate of drug-likeness (QED) is 0.872. The standard InChI is InChI=1S/C13H17F3N2O2/c1-3-17-12(20)8-18(2)7-9-4-5-11(19)10(6-9)13(14,15)16/h4-6,19H,3,7-8H2,1-2H3,(H,17,20). The number of hydrogen-bond donors (Lipinski definition) is 2. The molecule has 0 aliphatic heterocycles. The minimum Gasteiger partial charge on any atom is -0.507 e. The predicted octanol–water partition coefficient (Wildman–Crippen LogP) is 1.98. The Hall–Kier alpha value is -1.76. The molecular formula is C13H17F3N2O2. The lowest BCUT2D eigenvalue weighted by molar-refractivity contribution is -0.138. The van der Waals surface area contributed by atoms with E-state index in [4.69, 9.17) is 0 Å². The van der Waals surface area contributed by atoms with Crippen molar-refractivity contribution in [1.29, 1.82) is 0 Å². The number of halogens is 3. The number of nitrogens with zero attached hydrogens (tertiary/aromatic N) is 1. The van der Waals surface area contributed by atoms with Crippen molar-refractivity contribution in [1.82, 2.24) is 10.2 Å². The zero-order valence-electron chi connectivity index (χ0n) is 11.3. The molecule has 0 aromatic heterocycles. The molecule has 0 saturated carbocycles. The molecule has 0 bridgehead atoms. The van der Waals surface area contributed by atoms with Crippen LogP contribution in [-0.4, -0.2) is 36.1 Å². The number of phenols is 1. The maximum atomic E-state index is 12.6. The van der Waals surface area contributed by atoms with Gasteiger partial charge in [0.25, 0.3) is 0 Å². The highest BCUT2D eigenvalue weighted by Crippen LogP contribution is 2.36. The Balaban J connectivity index is 2.76. The minimum atomic E-state index is -4.60.